The van der Waals surface area contributed by atoms with Crippen molar-refractivity contribution >= 4 is 0 Å². The summed E-state index contributed by atoms with van der Waals surface area (Å²) >= 11 is 0. The van der Waals surface area contributed by atoms with E-state index in [-0.39, 0.29) is 5.92 Å². The van der Waals surface area contributed by atoms with Crippen LogP contribution in [0.5, 0.6) is 0 Å². The summed E-state index contributed by atoms with van der Waals surface area (Å²) in [5, 5.41) is 16.5. The zero-order valence-electron chi connectivity index (χ0n) is 13.9. The van der Waals surface area contributed by atoms with Gasteiger partial charge in [-0.3, -0.25) is 4.90 Å². The summed E-state index contributed by atoms with van der Waals surface area (Å²) in [5.41, 5.74) is 0. The minimum atomic E-state index is -0.718. The number of ether oxygens (including phenoxy) is 2. The Kier molecular flexibility index (Phi) is 6.22. The van der Waals surface area contributed by atoms with Crippen molar-refractivity contribution in [2.75, 3.05) is 78.7 Å². The van der Waals surface area contributed by atoms with Crippen LogP contribution in [-0.2, 0) is 9.47 Å². The van der Waals surface area contributed by atoms with Crippen molar-refractivity contribution in [3.05, 3.63) is 0 Å². The van der Waals surface area contributed by atoms with Crippen LogP contribution in [0.2, 0.25) is 0 Å². The molecular weight excluding hydrogens is 294 g/mol. The molecule has 0 radical (unpaired) electrons. The molecule has 3 fully saturated rings. The van der Waals surface area contributed by atoms with Gasteiger partial charge in [0.15, 0.2) is 5.79 Å². The molecule has 3 rings (SSSR count). The van der Waals surface area contributed by atoms with Crippen molar-refractivity contribution in [1.29, 1.82) is 5.26 Å². The minimum Gasteiger partial charge on any atom is -0.346 e. The predicted octanol–water partition coefficient (Wildman–Crippen LogP) is -0.930. The van der Waals surface area contributed by atoms with Crippen molar-refractivity contribution in [1.82, 2.24) is 20.4 Å². The Labute approximate surface area is 138 Å². The molecule has 0 bridgehead atoms. The third-order valence-corrected chi connectivity index (χ3v) is 5.10. The van der Waals surface area contributed by atoms with Gasteiger partial charge >= 0.3 is 0 Å². The Morgan fingerprint density at radius 3 is 2.09 bits per heavy atom. The number of hydrogen-bond acceptors (Lipinski definition) is 7. The molecule has 0 aromatic heterocycles. The van der Waals surface area contributed by atoms with Gasteiger partial charge < -0.3 is 25.0 Å². The monoisotopic (exact) mass is 323 g/mol. The highest BCUT2D eigenvalue weighted by Gasteiger charge is 2.45. The third kappa shape index (κ3) is 4.41. The average molecular weight is 323 g/mol. The molecule has 130 valence electrons. The van der Waals surface area contributed by atoms with Crippen molar-refractivity contribution in [3.63, 3.8) is 0 Å². The van der Waals surface area contributed by atoms with Crippen LogP contribution in [0.15, 0.2) is 0 Å². The summed E-state index contributed by atoms with van der Waals surface area (Å²) < 4.78 is 12.0. The summed E-state index contributed by atoms with van der Waals surface area (Å²) in [6.07, 6.45) is 0.775. The zero-order valence-corrected chi connectivity index (χ0v) is 13.9. The maximum atomic E-state index is 9.74. The molecule has 0 aromatic carbocycles. The average Bonchev–Trinajstić information content (AvgIpc) is 3.10. The number of rotatable bonds is 6. The van der Waals surface area contributed by atoms with E-state index >= 15 is 0 Å². The second-order valence-electron chi connectivity index (χ2n) is 6.58. The second-order valence-corrected chi connectivity index (χ2v) is 6.58. The van der Waals surface area contributed by atoms with Gasteiger partial charge in [-0.05, 0) is 0 Å². The van der Waals surface area contributed by atoms with E-state index in [9.17, 15) is 5.26 Å². The fourth-order valence-electron chi connectivity index (χ4n) is 3.67. The molecule has 1 unspecified atom stereocenters. The van der Waals surface area contributed by atoms with Crippen LogP contribution in [0.1, 0.15) is 6.42 Å². The van der Waals surface area contributed by atoms with Gasteiger partial charge in [-0.15, -0.1) is 0 Å². The Bertz CT molecular complexity index is 396. The van der Waals surface area contributed by atoms with Gasteiger partial charge in [-0.2, -0.15) is 5.26 Å². The lowest BCUT2D eigenvalue weighted by Crippen LogP contribution is -2.52. The van der Waals surface area contributed by atoms with Gasteiger partial charge in [0.2, 0.25) is 0 Å². The van der Waals surface area contributed by atoms with E-state index < -0.39 is 5.79 Å². The van der Waals surface area contributed by atoms with Crippen LogP contribution >= 0.6 is 0 Å². The Balaban J connectivity index is 1.59. The van der Waals surface area contributed by atoms with E-state index in [0.29, 0.717) is 13.2 Å². The quantitative estimate of drug-likeness (QED) is 0.654. The van der Waals surface area contributed by atoms with Gasteiger partial charge in [0.25, 0.3) is 0 Å². The molecule has 1 atom stereocenters. The van der Waals surface area contributed by atoms with Gasteiger partial charge in [-0.25, -0.2) is 0 Å². The number of nitrogens with one attached hydrogen (secondary N) is 2. The lowest BCUT2D eigenvalue weighted by molar-refractivity contribution is -0.193. The normalized spacial score (nSPS) is 27.6. The zero-order chi connectivity index (χ0) is 16.0. The van der Waals surface area contributed by atoms with Crippen molar-refractivity contribution < 1.29 is 9.47 Å². The summed E-state index contributed by atoms with van der Waals surface area (Å²) in [6, 6.07) is 2.48. The highest BCUT2D eigenvalue weighted by Crippen LogP contribution is 2.32. The molecule has 3 heterocycles. The molecule has 3 aliphatic rings. The lowest BCUT2D eigenvalue weighted by atomic mass is 9.95. The fourth-order valence-corrected chi connectivity index (χ4v) is 3.67. The summed E-state index contributed by atoms with van der Waals surface area (Å²) in [6.45, 7) is 11.0. The Morgan fingerprint density at radius 1 is 0.957 bits per heavy atom. The molecule has 2 N–H and O–H groups in total. The number of nitrogens with zero attached hydrogens (tertiary/aromatic N) is 3. The topological polar surface area (TPSA) is 72.8 Å². The van der Waals surface area contributed by atoms with Crippen LogP contribution in [0.4, 0.5) is 0 Å². The molecule has 23 heavy (non-hydrogen) atoms. The van der Waals surface area contributed by atoms with Gasteiger partial charge in [0.1, 0.15) is 5.92 Å². The van der Waals surface area contributed by atoms with E-state index in [1.807, 2.05) is 0 Å². The van der Waals surface area contributed by atoms with Crippen LogP contribution in [0.3, 0.4) is 0 Å². The molecule has 0 spiro atoms. The molecule has 3 saturated heterocycles. The van der Waals surface area contributed by atoms with Gasteiger partial charge in [0, 0.05) is 71.9 Å². The first kappa shape index (κ1) is 17.1. The maximum absolute atomic E-state index is 9.74. The molecule has 0 aromatic rings. The molecule has 0 saturated carbocycles. The van der Waals surface area contributed by atoms with E-state index in [4.69, 9.17) is 9.47 Å². The number of nitriles is 1. The van der Waals surface area contributed by atoms with E-state index in [1.165, 1.54) is 0 Å². The van der Waals surface area contributed by atoms with Crippen LogP contribution in [0.25, 0.3) is 0 Å². The predicted molar refractivity (Wildman–Crippen MR) is 87.0 cm³/mol. The van der Waals surface area contributed by atoms with E-state index in [2.05, 4.69) is 26.5 Å². The Morgan fingerprint density at radius 2 is 1.52 bits per heavy atom. The van der Waals surface area contributed by atoms with Crippen LogP contribution in [-0.4, -0.2) is 94.2 Å². The molecule has 7 nitrogen and oxygen atoms in total. The third-order valence-electron chi connectivity index (χ3n) is 5.10. The van der Waals surface area contributed by atoms with Crippen molar-refractivity contribution in [2.24, 2.45) is 5.92 Å². The summed E-state index contributed by atoms with van der Waals surface area (Å²) in [5.74, 6) is -0.948. The first-order valence-electron chi connectivity index (χ1n) is 8.86. The molecule has 7 heteroatoms. The molecular formula is C16H29N5O2. The van der Waals surface area contributed by atoms with E-state index in [1.54, 1.807) is 0 Å². The minimum absolute atomic E-state index is 0.231. The van der Waals surface area contributed by atoms with Crippen LogP contribution < -0.4 is 10.6 Å². The number of hydrogen-bond donors (Lipinski definition) is 2. The van der Waals surface area contributed by atoms with Crippen molar-refractivity contribution in [2.45, 2.75) is 12.2 Å². The summed E-state index contributed by atoms with van der Waals surface area (Å²) in [4.78, 5) is 4.78. The standard InChI is InChI=1S/C16H29N5O2/c17-13-15(14-21-9-4-19-5-10-21)16(22-11-12-23-16)1-6-20-7-2-18-3-8-20/h15,18-19H,1-12,14H2. The maximum Gasteiger partial charge on any atom is 0.186 e. The van der Waals surface area contributed by atoms with Crippen LogP contribution in [0, 0.1) is 17.2 Å². The highest BCUT2D eigenvalue weighted by atomic mass is 16.7. The molecule has 0 amide bonds. The molecule has 0 aliphatic carbocycles. The fraction of sp³-hybridized carbons (Fsp3) is 0.938. The highest BCUT2D eigenvalue weighted by molar-refractivity contribution is 4.99. The van der Waals surface area contributed by atoms with Gasteiger partial charge in [-0.1, -0.05) is 0 Å². The van der Waals surface area contributed by atoms with Crippen molar-refractivity contribution in [3.8, 4) is 6.07 Å². The van der Waals surface area contributed by atoms with E-state index in [0.717, 1.165) is 71.9 Å². The Hall–Kier alpha value is -0.750. The first-order chi connectivity index (χ1) is 11.3. The SMILES string of the molecule is N#CC(CN1CCNCC1)C1(CCN2CCNCC2)OCCO1. The largest absolute Gasteiger partial charge is 0.346 e. The second kappa shape index (κ2) is 8.38. The van der Waals surface area contributed by atoms with Gasteiger partial charge in [0.05, 0.1) is 19.3 Å². The smallest absolute Gasteiger partial charge is 0.186 e. The first-order valence-corrected chi connectivity index (χ1v) is 8.86. The number of piperazine rings is 2. The summed E-state index contributed by atoms with van der Waals surface area (Å²) in [7, 11) is 0. The lowest BCUT2D eigenvalue weighted by Gasteiger charge is -2.38. The molecule has 3 aliphatic heterocycles.